The Hall–Kier alpha value is -0.620. The Bertz CT molecular complexity index is 399. The van der Waals surface area contributed by atoms with Crippen LogP contribution >= 0.6 is 0 Å². The molecule has 0 aromatic heterocycles. The summed E-state index contributed by atoms with van der Waals surface area (Å²) in [5.41, 5.74) is -0.373. The van der Waals surface area contributed by atoms with E-state index in [0.29, 0.717) is 13.0 Å². The van der Waals surface area contributed by atoms with Crippen molar-refractivity contribution in [3.63, 3.8) is 0 Å². The summed E-state index contributed by atoms with van der Waals surface area (Å²) in [6, 6.07) is 0. The second kappa shape index (κ2) is 4.57. The first-order valence-electron chi connectivity index (χ1n) is 6.15. The number of rotatable bonds is 3. The van der Waals surface area contributed by atoms with Gasteiger partial charge in [-0.3, -0.25) is 4.79 Å². The van der Waals surface area contributed by atoms with Gasteiger partial charge in [-0.2, -0.15) is 0 Å². The fourth-order valence-corrected chi connectivity index (χ4v) is 4.28. The largest absolute Gasteiger partial charge is 0.354 e. The number of sulfone groups is 1. The summed E-state index contributed by atoms with van der Waals surface area (Å²) in [7, 11) is -2.96. The highest BCUT2D eigenvalue weighted by atomic mass is 32.2. The van der Waals surface area contributed by atoms with Crippen molar-refractivity contribution >= 4 is 15.7 Å². The van der Waals surface area contributed by atoms with Crippen LogP contribution in [-0.2, 0) is 14.6 Å². The van der Waals surface area contributed by atoms with E-state index < -0.39 is 9.84 Å². The van der Waals surface area contributed by atoms with Crippen molar-refractivity contribution in [1.29, 1.82) is 0 Å². The van der Waals surface area contributed by atoms with Crippen LogP contribution in [-0.4, -0.2) is 45.0 Å². The Morgan fingerprint density at radius 2 is 2.29 bits per heavy atom. The van der Waals surface area contributed by atoms with Crippen molar-refractivity contribution in [3.05, 3.63) is 0 Å². The second-order valence-corrected chi connectivity index (χ2v) is 7.73. The Labute approximate surface area is 102 Å². The molecular weight excluding hydrogens is 240 g/mol. The third kappa shape index (κ3) is 2.63. The minimum absolute atomic E-state index is 0.0235. The molecule has 17 heavy (non-hydrogen) atoms. The van der Waals surface area contributed by atoms with Gasteiger partial charge in [-0.05, 0) is 32.7 Å². The molecule has 0 aliphatic carbocycles. The first kappa shape index (κ1) is 12.8. The maximum absolute atomic E-state index is 12.0. The van der Waals surface area contributed by atoms with Crippen LogP contribution in [0.25, 0.3) is 0 Å². The molecule has 0 radical (unpaired) electrons. The number of hydrogen-bond acceptors (Lipinski definition) is 4. The fraction of sp³-hybridized carbons (Fsp3) is 0.909. The van der Waals surface area contributed by atoms with Gasteiger partial charge in [0.25, 0.3) is 0 Å². The van der Waals surface area contributed by atoms with Crippen LogP contribution in [0.2, 0.25) is 0 Å². The van der Waals surface area contributed by atoms with Gasteiger partial charge in [-0.1, -0.05) is 0 Å². The van der Waals surface area contributed by atoms with Crippen LogP contribution in [0, 0.1) is 5.41 Å². The Kier molecular flexibility index (Phi) is 3.45. The van der Waals surface area contributed by atoms with Gasteiger partial charge < -0.3 is 10.6 Å². The van der Waals surface area contributed by atoms with E-state index in [-0.39, 0.29) is 28.9 Å². The average Bonchev–Trinajstić information content (AvgIpc) is 2.82. The molecule has 2 saturated heterocycles. The summed E-state index contributed by atoms with van der Waals surface area (Å²) in [5, 5.41) is 5.59. The predicted molar refractivity (Wildman–Crippen MR) is 65.4 cm³/mol. The van der Waals surface area contributed by atoms with E-state index in [2.05, 4.69) is 10.6 Å². The Balaban J connectivity index is 1.88. The smallest absolute Gasteiger partial charge is 0.227 e. The molecule has 0 bridgehead atoms. The van der Waals surface area contributed by atoms with Crippen LogP contribution in [0.1, 0.15) is 26.2 Å². The normalized spacial score (nSPS) is 35.9. The van der Waals surface area contributed by atoms with Gasteiger partial charge in [-0.25, -0.2) is 8.42 Å². The highest BCUT2D eigenvalue weighted by Crippen LogP contribution is 2.25. The van der Waals surface area contributed by atoms with E-state index in [9.17, 15) is 13.2 Å². The highest BCUT2D eigenvalue weighted by Gasteiger charge is 2.38. The van der Waals surface area contributed by atoms with E-state index >= 15 is 0 Å². The van der Waals surface area contributed by atoms with Gasteiger partial charge in [0.1, 0.15) is 0 Å². The number of carbonyl (C=O) groups is 1. The minimum atomic E-state index is -2.96. The SMILES string of the molecule is CC1(C(=O)NCC2CCCS2(=O)=O)CCNC1. The van der Waals surface area contributed by atoms with Crippen LogP contribution < -0.4 is 10.6 Å². The molecule has 0 aromatic carbocycles. The van der Waals surface area contributed by atoms with Crippen LogP contribution in [0.5, 0.6) is 0 Å². The fourth-order valence-electron chi connectivity index (χ4n) is 2.52. The molecule has 2 fully saturated rings. The molecule has 0 aromatic rings. The van der Waals surface area contributed by atoms with Crippen molar-refractivity contribution in [2.24, 2.45) is 5.41 Å². The maximum atomic E-state index is 12.0. The van der Waals surface area contributed by atoms with Crippen LogP contribution in [0.3, 0.4) is 0 Å². The van der Waals surface area contributed by atoms with Crippen molar-refractivity contribution in [1.82, 2.24) is 10.6 Å². The summed E-state index contributed by atoms with van der Waals surface area (Å²) >= 11 is 0. The quantitative estimate of drug-likeness (QED) is 0.729. The molecule has 98 valence electrons. The monoisotopic (exact) mass is 260 g/mol. The molecule has 0 spiro atoms. The van der Waals surface area contributed by atoms with Gasteiger partial charge in [0.2, 0.25) is 5.91 Å². The highest BCUT2D eigenvalue weighted by molar-refractivity contribution is 7.92. The molecule has 2 N–H and O–H groups in total. The summed E-state index contributed by atoms with van der Waals surface area (Å²) in [6.07, 6.45) is 2.22. The van der Waals surface area contributed by atoms with Gasteiger partial charge >= 0.3 is 0 Å². The summed E-state index contributed by atoms with van der Waals surface area (Å²) in [6.45, 7) is 3.73. The Morgan fingerprint density at radius 1 is 1.53 bits per heavy atom. The van der Waals surface area contributed by atoms with Crippen molar-refractivity contribution < 1.29 is 13.2 Å². The molecule has 2 heterocycles. The number of carbonyl (C=O) groups excluding carboxylic acids is 1. The summed E-state index contributed by atoms with van der Waals surface area (Å²) < 4.78 is 23.2. The van der Waals surface area contributed by atoms with Crippen molar-refractivity contribution in [2.45, 2.75) is 31.4 Å². The van der Waals surface area contributed by atoms with E-state index in [1.54, 1.807) is 0 Å². The average molecular weight is 260 g/mol. The van der Waals surface area contributed by atoms with Gasteiger partial charge in [0.05, 0.1) is 16.4 Å². The molecule has 1 amide bonds. The lowest BCUT2D eigenvalue weighted by molar-refractivity contribution is -0.129. The molecular formula is C11H20N2O3S. The molecule has 2 rings (SSSR count). The standard InChI is InChI=1S/C11H20N2O3S/c1-11(4-5-12-8-11)10(14)13-7-9-3-2-6-17(9,15)16/h9,12H,2-8H2,1H3,(H,13,14). The molecule has 2 aliphatic heterocycles. The summed E-state index contributed by atoms with van der Waals surface area (Å²) in [5.74, 6) is 0.247. The van der Waals surface area contributed by atoms with Crippen molar-refractivity contribution in [2.75, 3.05) is 25.4 Å². The lowest BCUT2D eigenvalue weighted by Gasteiger charge is -2.22. The second-order valence-electron chi connectivity index (χ2n) is 5.33. The van der Waals surface area contributed by atoms with E-state index in [0.717, 1.165) is 19.4 Å². The third-order valence-electron chi connectivity index (χ3n) is 3.87. The maximum Gasteiger partial charge on any atom is 0.227 e. The van der Waals surface area contributed by atoms with E-state index in [1.165, 1.54) is 0 Å². The van der Waals surface area contributed by atoms with Crippen molar-refractivity contribution in [3.8, 4) is 0 Å². The summed E-state index contributed by atoms with van der Waals surface area (Å²) in [4.78, 5) is 12.0. The first-order chi connectivity index (χ1) is 7.94. The third-order valence-corrected chi connectivity index (χ3v) is 6.15. The van der Waals surface area contributed by atoms with Crippen LogP contribution in [0.15, 0.2) is 0 Å². The van der Waals surface area contributed by atoms with E-state index in [1.807, 2.05) is 6.92 Å². The zero-order valence-corrected chi connectivity index (χ0v) is 11.0. The van der Waals surface area contributed by atoms with Crippen LogP contribution in [0.4, 0.5) is 0 Å². The molecule has 5 nitrogen and oxygen atoms in total. The Morgan fingerprint density at radius 3 is 2.82 bits per heavy atom. The molecule has 2 unspecified atom stereocenters. The number of amides is 1. The van der Waals surface area contributed by atoms with Gasteiger partial charge in [0, 0.05) is 13.1 Å². The van der Waals surface area contributed by atoms with Gasteiger partial charge in [0.15, 0.2) is 9.84 Å². The topological polar surface area (TPSA) is 75.3 Å². The lowest BCUT2D eigenvalue weighted by Crippen LogP contribution is -2.44. The lowest BCUT2D eigenvalue weighted by atomic mass is 9.89. The zero-order valence-electron chi connectivity index (χ0n) is 10.2. The molecule has 2 atom stereocenters. The predicted octanol–water partition coefficient (Wildman–Crippen LogP) is -0.321. The minimum Gasteiger partial charge on any atom is -0.354 e. The van der Waals surface area contributed by atoms with Gasteiger partial charge in [-0.15, -0.1) is 0 Å². The zero-order chi connectivity index (χ0) is 12.5. The van der Waals surface area contributed by atoms with E-state index in [4.69, 9.17) is 0 Å². The molecule has 6 heteroatoms. The molecule has 0 saturated carbocycles. The first-order valence-corrected chi connectivity index (χ1v) is 7.86. The number of nitrogens with one attached hydrogen (secondary N) is 2. The molecule has 2 aliphatic rings. The number of hydrogen-bond donors (Lipinski definition) is 2.